The van der Waals surface area contributed by atoms with Crippen molar-refractivity contribution in [2.45, 2.75) is 123 Å². The molecule has 302 valence electrons. The van der Waals surface area contributed by atoms with Crippen LogP contribution >= 0.6 is 0 Å². The fraction of sp³-hybridized carbons (Fsp3) is 0.600. The number of amides is 1. The molecule has 1 amide bonds. The number of carbonyl (C=O) groups is 4. The van der Waals surface area contributed by atoms with Crippen LogP contribution in [-0.2, 0) is 30.3 Å². The molecular weight excluding hydrogens is 712 g/mol. The maximum atomic E-state index is 15.8. The Morgan fingerprint density at radius 1 is 0.982 bits per heavy atom. The molecule has 1 aromatic carbocycles. The van der Waals surface area contributed by atoms with Crippen molar-refractivity contribution >= 4 is 29.5 Å². The van der Waals surface area contributed by atoms with Gasteiger partial charge >= 0.3 is 5.97 Å². The first-order valence-electron chi connectivity index (χ1n) is 20.3. The van der Waals surface area contributed by atoms with Crippen molar-refractivity contribution in [3.63, 3.8) is 0 Å². The lowest BCUT2D eigenvalue weighted by Gasteiger charge is -2.65. The monoisotopic (exact) mass is 770 g/mol. The number of benzene rings is 1. The van der Waals surface area contributed by atoms with Gasteiger partial charge in [0.05, 0.1) is 23.7 Å². The van der Waals surface area contributed by atoms with E-state index in [4.69, 9.17) is 18.9 Å². The number of ketones is 2. The molecule has 11 nitrogen and oxygen atoms in total. The fourth-order valence-corrected chi connectivity index (χ4v) is 10.7. The molecule has 4 heterocycles. The molecule has 2 saturated heterocycles. The summed E-state index contributed by atoms with van der Waals surface area (Å²) >= 11 is 0. The first kappa shape index (κ1) is 40.0. The fourth-order valence-electron chi connectivity index (χ4n) is 10.7. The van der Waals surface area contributed by atoms with Crippen LogP contribution < -0.4 is 9.47 Å². The van der Waals surface area contributed by atoms with Gasteiger partial charge in [0.2, 0.25) is 5.91 Å². The van der Waals surface area contributed by atoms with Crippen molar-refractivity contribution in [3.8, 4) is 17.2 Å². The highest BCUT2D eigenvalue weighted by Gasteiger charge is 2.85. The highest BCUT2D eigenvalue weighted by Crippen LogP contribution is 2.71. The van der Waals surface area contributed by atoms with Crippen LogP contribution in [0.4, 0.5) is 0 Å². The number of piperazine rings is 1. The number of fused-ring (bicyclic) bond motifs is 2. The average molecular weight is 771 g/mol. The van der Waals surface area contributed by atoms with E-state index in [0.717, 1.165) is 12.0 Å². The summed E-state index contributed by atoms with van der Waals surface area (Å²) < 4.78 is 26.6. The van der Waals surface area contributed by atoms with E-state index in [1.54, 1.807) is 24.8 Å². The summed E-state index contributed by atoms with van der Waals surface area (Å²) in [6.07, 6.45) is 13.3. The van der Waals surface area contributed by atoms with Crippen LogP contribution in [0.15, 0.2) is 41.5 Å². The smallest absolute Gasteiger partial charge is 0.330 e. The molecule has 8 rings (SSSR count). The van der Waals surface area contributed by atoms with E-state index in [1.807, 2.05) is 46.8 Å². The van der Waals surface area contributed by atoms with E-state index < -0.39 is 52.2 Å². The third-order valence-corrected chi connectivity index (χ3v) is 13.1. The van der Waals surface area contributed by atoms with Crippen molar-refractivity contribution in [1.82, 2.24) is 9.80 Å². The predicted octanol–water partition coefficient (Wildman–Crippen LogP) is 6.55. The SMILES string of the molecule is CCOC(=O)/C=C/C[C@]12OC(C)(C)C3C[C@H](C1=O)C(N1CCN(C(C)=O)CC1)C1C(=O)c4c(O)c5c(c(CC=C(C)C)c4O[C@]132)O[C@](C)(CCC=C(C)C)C=C5. The average Bonchev–Trinajstić information content (AvgIpc) is 3.27. The van der Waals surface area contributed by atoms with Gasteiger partial charge in [-0.05, 0) is 93.2 Å². The summed E-state index contributed by atoms with van der Waals surface area (Å²) in [5, 5.41) is 12.3. The normalized spacial score (nSPS) is 32.3. The molecule has 3 saturated carbocycles. The molecule has 7 atom stereocenters. The second-order valence-corrected chi connectivity index (χ2v) is 17.7. The van der Waals surface area contributed by atoms with E-state index in [9.17, 15) is 14.7 Å². The molecule has 4 aliphatic heterocycles. The molecule has 11 heteroatoms. The van der Waals surface area contributed by atoms with E-state index in [0.29, 0.717) is 62.3 Å². The predicted molar refractivity (Wildman–Crippen MR) is 212 cm³/mol. The van der Waals surface area contributed by atoms with Crippen LogP contribution in [0.25, 0.3) is 6.08 Å². The zero-order chi connectivity index (χ0) is 40.5. The molecule has 5 fully saturated rings. The van der Waals surface area contributed by atoms with Crippen LogP contribution in [0.5, 0.6) is 17.2 Å². The van der Waals surface area contributed by atoms with Gasteiger partial charge in [0.25, 0.3) is 0 Å². The number of carbonyl (C=O) groups excluding carboxylic acids is 4. The van der Waals surface area contributed by atoms with E-state index in [1.165, 1.54) is 11.6 Å². The lowest BCUT2D eigenvalue weighted by atomic mass is 9.44. The standard InChI is InChI=1S/C45H58N2O9/c1-10-53-33(49)14-12-19-44-41(52)31-25-32(42(7,8)56-44)45(44)35(36(31)47-23-21-46(22-24-47)28(6)48)38(51)34-37(50)29-17-20-43(9,18-11-13-26(2)3)54-39(29)30(40(34)55-45)16-15-27(4)5/h12-15,17,20,31-32,35-36,50H,10-11,16,18-19,21-25H2,1-9H3/b14-12+/t31-,32?,35?,36?,43+,44-,45-/m0/s1. The second kappa shape index (κ2) is 14.3. The van der Waals surface area contributed by atoms with E-state index in [-0.39, 0.29) is 47.6 Å². The highest BCUT2D eigenvalue weighted by molar-refractivity contribution is 6.10. The Morgan fingerprint density at radius 3 is 2.32 bits per heavy atom. The molecule has 4 bridgehead atoms. The Hall–Kier alpha value is -4.22. The maximum Gasteiger partial charge on any atom is 0.330 e. The number of nitrogens with zero attached hydrogens (tertiary/aromatic N) is 2. The maximum absolute atomic E-state index is 15.8. The van der Waals surface area contributed by atoms with Gasteiger partial charge in [0.15, 0.2) is 22.8 Å². The van der Waals surface area contributed by atoms with Gasteiger partial charge in [-0.3, -0.25) is 19.3 Å². The van der Waals surface area contributed by atoms with E-state index >= 15 is 9.59 Å². The van der Waals surface area contributed by atoms with Crippen molar-refractivity contribution in [2.24, 2.45) is 17.8 Å². The topological polar surface area (TPSA) is 132 Å². The van der Waals surface area contributed by atoms with Gasteiger partial charge < -0.3 is 29.0 Å². The summed E-state index contributed by atoms with van der Waals surface area (Å²) in [7, 11) is 0. The van der Waals surface area contributed by atoms with Crippen LogP contribution in [0.3, 0.4) is 0 Å². The molecule has 1 aromatic rings. The summed E-state index contributed by atoms with van der Waals surface area (Å²) in [6.45, 7) is 19.5. The van der Waals surface area contributed by atoms with Crippen molar-refractivity contribution in [3.05, 3.63) is 58.2 Å². The van der Waals surface area contributed by atoms with Crippen molar-refractivity contribution < 1.29 is 43.2 Å². The first-order valence-corrected chi connectivity index (χ1v) is 20.3. The van der Waals surface area contributed by atoms with Gasteiger partial charge in [-0.25, -0.2) is 4.79 Å². The van der Waals surface area contributed by atoms with Gasteiger partial charge in [0, 0.05) is 69.0 Å². The molecule has 0 radical (unpaired) electrons. The number of phenols is 1. The number of Topliss-reactive ketones (excluding diaryl/α,β-unsaturated/α-hetero) is 2. The van der Waals surface area contributed by atoms with Gasteiger partial charge in [-0.2, -0.15) is 0 Å². The number of hydrogen-bond acceptors (Lipinski definition) is 10. The molecule has 3 aliphatic carbocycles. The molecule has 56 heavy (non-hydrogen) atoms. The van der Waals surface area contributed by atoms with Crippen molar-refractivity contribution in [2.75, 3.05) is 32.8 Å². The number of aromatic hydroxyl groups is 1. The van der Waals surface area contributed by atoms with Crippen LogP contribution in [0.2, 0.25) is 0 Å². The number of rotatable bonds is 10. The molecule has 1 N–H and O–H groups in total. The Kier molecular flexibility index (Phi) is 10.2. The number of allylic oxidation sites excluding steroid dienone is 4. The Bertz CT molecular complexity index is 1960. The molecule has 1 spiro atoms. The number of ether oxygens (including phenoxy) is 4. The molecule has 7 aliphatic rings. The zero-order valence-electron chi connectivity index (χ0n) is 34.5. The lowest BCUT2D eigenvalue weighted by Crippen LogP contribution is -2.82. The van der Waals surface area contributed by atoms with Gasteiger partial charge in [-0.15, -0.1) is 0 Å². The van der Waals surface area contributed by atoms with Crippen LogP contribution in [-0.4, -0.2) is 99.6 Å². The first-order chi connectivity index (χ1) is 26.4. The summed E-state index contributed by atoms with van der Waals surface area (Å²) in [6, 6.07) is -0.560. The minimum Gasteiger partial charge on any atom is -0.506 e. The molecular formula is C45H58N2O9. The number of esters is 1. The van der Waals surface area contributed by atoms with Crippen LogP contribution in [0.1, 0.15) is 109 Å². The summed E-state index contributed by atoms with van der Waals surface area (Å²) in [5.41, 5.74) is -1.28. The molecule has 0 aromatic heterocycles. The Labute approximate surface area is 330 Å². The number of phenolic OH excluding ortho intramolecular Hbond substituents is 1. The van der Waals surface area contributed by atoms with Crippen molar-refractivity contribution in [1.29, 1.82) is 0 Å². The largest absolute Gasteiger partial charge is 0.506 e. The van der Waals surface area contributed by atoms with Gasteiger partial charge in [0.1, 0.15) is 28.4 Å². The molecule has 3 unspecified atom stereocenters. The zero-order valence-corrected chi connectivity index (χ0v) is 34.5. The summed E-state index contributed by atoms with van der Waals surface area (Å²) in [5.74, 6) is -2.40. The summed E-state index contributed by atoms with van der Waals surface area (Å²) in [4.78, 5) is 60.0. The minimum absolute atomic E-state index is 0.00702. The highest BCUT2D eigenvalue weighted by atomic mass is 16.6. The van der Waals surface area contributed by atoms with Gasteiger partial charge in [-0.1, -0.05) is 29.4 Å². The van der Waals surface area contributed by atoms with Crippen LogP contribution in [0, 0.1) is 17.8 Å². The van der Waals surface area contributed by atoms with E-state index in [2.05, 4.69) is 30.9 Å². The third-order valence-electron chi connectivity index (χ3n) is 13.1. The Morgan fingerprint density at radius 2 is 1.68 bits per heavy atom. The number of hydrogen-bond donors (Lipinski definition) is 1. The quantitative estimate of drug-likeness (QED) is 0.159. The third kappa shape index (κ3) is 6.15. The second-order valence-electron chi connectivity index (χ2n) is 17.7. The minimum atomic E-state index is -1.62. The lowest BCUT2D eigenvalue weighted by molar-refractivity contribution is -0.214. The Balaban J connectivity index is 1.45.